The number of halogens is 2. The number of ether oxygens (including phenoxy) is 1. The number of oxazole rings is 1. The van der Waals surface area contributed by atoms with Crippen LogP contribution in [0.2, 0.25) is 10.0 Å². The number of anilines is 1. The van der Waals surface area contributed by atoms with Gasteiger partial charge in [0.25, 0.3) is 11.9 Å². The Kier molecular flexibility index (Phi) is 13.1. The van der Waals surface area contributed by atoms with Crippen LogP contribution >= 0.6 is 23.2 Å². The number of hydrogen-bond acceptors (Lipinski definition) is 10. The smallest absolute Gasteiger partial charge is 0.296 e. The Morgan fingerprint density at radius 3 is 2.38 bits per heavy atom. The summed E-state index contributed by atoms with van der Waals surface area (Å²) in [6.45, 7) is 7.37. The highest BCUT2D eigenvalue weighted by Gasteiger charge is 2.47. The molecular formula is C40H51Cl2N7O7. The number of aromatic nitrogens is 2. The Balaban J connectivity index is 1.25. The maximum absolute atomic E-state index is 14.8. The fraction of sp³-hybridized carbons (Fsp3) is 0.575. The normalized spacial score (nSPS) is 20.5. The monoisotopic (exact) mass is 811 g/mol. The summed E-state index contributed by atoms with van der Waals surface area (Å²) in [5.74, 6) is -2.77. The molecule has 0 bridgehead atoms. The van der Waals surface area contributed by atoms with E-state index in [1.807, 2.05) is 27.7 Å². The number of fused-ring (bicyclic) bond motifs is 1. The van der Waals surface area contributed by atoms with Gasteiger partial charge >= 0.3 is 0 Å². The zero-order valence-corrected chi connectivity index (χ0v) is 33.8. The predicted octanol–water partition coefficient (Wildman–Crippen LogP) is 5.60. The van der Waals surface area contributed by atoms with E-state index in [1.165, 1.54) is 11.1 Å². The minimum Gasteiger partial charge on any atom is -0.472 e. The second-order valence-corrected chi connectivity index (χ2v) is 17.1. The van der Waals surface area contributed by atoms with Crippen LogP contribution in [0, 0.1) is 11.3 Å². The summed E-state index contributed by atoms with van der Waals surface area (Å²) >= 11 is 12.2. The molecule has 4 N–H and O–H groups in total. The molecule has 2 saturated carbocycles. The Morgan fingerprint density at radius 2 is 1.71 bits per heavy atom. The molecule has 14 nitrogen and oxygen atoms in total. The fourth-order valence-electron chi connectivity index (χ4n) is 7.45. The summed E-state index contributed by atoms with van der Waals surface area (Å²) in [5, 5.41) is 12.7. The van der Waals surface area contributed by atoms with Crippen molar-refractivity contribution in [3.8, 4) is 5.88 Å². The number of pyridine rings is 1. The predicted molar refractivity (Wildman–Crippen MR) is 211 cm³/mol. The zero-order valence-electron chi connectivity index (χ0n) is 32.2. The number of hydrogen-bond donors (Lipinski definition) is 4. The van der Waals surface area contributed by atoms with Crippen LogP contribution in [0.5, 0.6) is 5.88 Å². The van der Waals surface area contributed by atoms with Crippen LogP contribution in [0.1, 0.15) is 91.9 Å². The first-order valence-electron chi connectivity index (χ1n) is 19.6. The Labute approximate surface area is 336 Å². The van der Waals surface area contributed by atoms with Crippen molar-refractivity contribution in [1.82, 2.24) is 30.8 Å². The molecule has 3 fully saturated rings. The first-order valence-corrected chi connectivity index (χ1v) is 20.3. The van der Waals surface area contributed by atoms with E-state index in [0.717, 1.165) is 44.9 Å². The molecule has 56 heavy (non-hydrogen) atoms. The first kappa shape index (κ1) is 41.2. The van der Waals surface area contributed by atoms with E-state index in [0.29, 0.717) is 27.6 Å². The number of rotatable bonds is 15. The number of carbonyl (C=O) groups excluding carboxylic acids is 5. The lowest BCUT2D eigenvalue weighted by Crippen LogP contribution is -2.61. The molecule has 1 aromatic carbocycles. The molecule has 0 radical (unpaired) electrons. The van der Waals surface area contributed by atoms with Crippen molar-refractivity contribution in [2.45, 2.75) is 128 Å². The van der Waals surface area contributed by atoms with Crippen molar-refractivity contribution in [2.24, 2.45) is 11.3 Å². The number of likely N-dealkylation sites (tertiary alicyclic amines) is 1. The Hall–Kier alpha value is -4.43. The van der Waals surface area contributed by atoms with Crippen LogP contribution in [0.25, 0.3) is 11.1 Å². The lowest BCUT2D eigenvalue weighted by Gasteiger charge is -2.37. The van der Waals surface area contributed by atoms with Crippen molar-refractivity contribution in [2.75, 3.05) is 11.9 Å². The van der Waals surface area contributed by atoms with Gasteiger partial charge in [0, 0.05) is 35.8 Å². The summed E-state index contributed by atoms with van der Waals surface area (Å²) in [7, 11) is 0. The summed E-state index contributed by atoms with van der Waals surface area (Å²) in [5.41, 5.74) is 0.246. The highest BCUT2D eigenvalue weighted by Crippen LogP contribution is 2.32. The van der Waals surface area contributed by atoms with Crippen molar-refractivity contribution in [1.29, 1.82) is 0 Å². The second kappa shape index (κ2) is 17.8. The van der Waals surface area contributed by atoms with E-state index in [9.17, 15) is 24.0 Å². The van der Waals surface area contributed by atoms with Gasteiger partial charge in [-0.1, -0.05) is 76.6 Å². The third kappa shape index (κ3) is 10.3. The van der Waals surface area contributed by atoms with E-state index < -0.39 is 65.1 Å². The molecular weight excluding hydrogens is 761 g/mol. The number of nitrogens with one attached hydrogen (secondary N) is 4. The van der Waals surface area contributed by atoms with Gasteiger partial charge in [-0.3, -0.25) is 24.0 Å². The summed E-state index contributed by atoms with van der Waals surface area (Å²) in [4.78, 5) is 79.5. The number of amides is 4. The SMILES string of the molecule is CCCC(NC(=O)[C@H]1CC(Oc2ccc(Cl)cn2)CN1C(=O)[C@H](NC(=O)[C@@H](Nc1nc2ccc(Cl)cc2o1)C1CCCCC1)C(C)(C)C)C(=O)C(=O)NC1CC1. The van der Waals surface area contributed by atoms with Crippen molar-refractivity contribution >= 4 is 69.7 Å². The minimum absolute atomic E-state index is 0.00595. The van der Waals surface area contributed by atoms with Crippen LogP contribution in [0.4, 0.5) is 6.01 Å². The topological polar surface area (TPSA) is 185 Å². The molecule has 3 aliphatic rings. The molecule has 4 amide bonds. The van der Waals surface area contributed by atoms with E-state index in [1.54, 1.807) is 30.3 Å². The third-order valence-electron chi connectivity index (χ3n) is 10.6. The number of benzene rings is 1. The van der Waals surface area contributed by atoms with Gasteiger partial charge in [0.05, 0.1) is 17.6 Å². The van der Waals surface area contributed by atoms with E-state index in [2.05, 4.69) is 31.2 Å². The first-order chi connectivity index (χ1) is 26.7. The van der Waals surface area contributed by atoms with Gasteiger partial charge < -0.3 is 35.3 Å². The molecule has 2 aromatic heterocycles. The minimum atomic E-state index is -1.08. The molecule has 1 aliphatic heterocycles. The summed E-state index contributed by atoms with van der Waals surface area (Å²) in [6.07, 6.45) is 7.80. The van der Waals surface area contributed by atoms with Crippen LogP contribution in [0.15, 0.2) is 40.9 Å². The van der Waals surface area contributed by atoms with Gasteiger partial charge in [-0.15, -0.1) is 0 Å². The largest absolute Gasteiger partial charge is 0.472 e. The fourth-order valence-corrected chi connectivity index (χ4v) is 7.72. The number of ketones is 1. The average Bonchev–Trinajstić information content (AvgIpc) is 3.73. The molecule has 1 saturated heterocycles. The highest BCUT2D eigenvalue weighted by atomic mass is 35.5. The van der Waals surface area contributed by atoms with E-state index in [-0.39, 0.29) is 43.2 Å². The lowest BCUT2D eigenvalue weighted by molar-refractivity contribution is -0.145. The molecule has 6 rings (SSSR count). The summed E-state index contributed by atoms with van der Waals surface area (Å²) in [6, 6.07) is 4.45. The van der Waals surface area contributed by atoms with Crippen molar-refractivity contribution in [3.63, 3.8) is 0 Å². The molecule has 3 heterocycles. The molecule has 5 atom stereocenters. The molecule has 302 valence electrons. The van der Waals surface area contributed by atoms with Crippen molar-refractivity contribution < 1.29 is 33.1 Å². The van der Waals surface area contributed by atoms with E-state index >= 15 is 0 Å². The van der Waals surface area contributed by atoms with Gasteiger partial charge in [0.15, 0.2) is 5.58 Å². The molecule has 0 spiro atoms. The summed E-state index contributed by atoms with van der Waals surface area (Å²) < 4.78 is 12.1. The zero-order chi connectivity index (χ0) is 40.1. The molecule has 2 aliphatic carbocycles. The molecule has 2 unspecified atom stereocenters. The van der Waals surface area contributed by atoms with Gasteiger partial charge in [-0.05, 0) is 61.6 Å². The van der Waals surface area contributed by atoms with Crippen LogP contribution in [0.3, 0.4) is 0 Å². The van der Waals surface area contributed by atoms with Crippen molar-refractivity contribution in [3.05, 3.63) is 46.6 Å². The van der Waals surface area contributed by atoms with Gasteiger partial charge in [-0.25, -0.2) is 4.98 Å². The Morgan fingerprint density at radius 1 is 0.982 bits per heavy atom. The van der Waals surface area contributed by atoms with E-state index in [4.69, 9.17) is 32.4 Å². The van der Waals surface area contributed by atoms with Crippen LogP contribution < -0.4 is 26.0 Å². The quantitative estimate of drug-likeness (QED) is 0.141. The second-order valence-electron chi connectivity index (χ2n) is 16.2. The van der Waals surface area contributed by atoms with Crippen LogP contribution in [-0.4, -0.2) is 87.1 Å². The average molecular weight is 813 g/mol. The maximum Gasteiger partial charge on any atom is 0.296 e. The highest BCUT2D eigenvalue weighted by molar-refractivity contribution is 6.38. The third-order valence-corrected chi connectivity index (χ3v) is 11.1. The number of nitrogens with zero attached hydrogens (tertiary/aromatic N) is 3. The molecule has 16 heteroatoms. The number of carbonyl (C=O) groups is 5. The molecule has 3 aromatic rings. The Bertz CT molecular complexity index is 1910. The van der Waals surface area contributed by atoms with Gasteiger partial charge in [0.1, 0.15) is 29.7 Å². The standard InChI is InChI=1S/C40H51Cl2N7O7/c1-5-9-28(33(50)37(53)44-25-14-15-25)45-35(51)29-19-26(55-31-17-13-24(42)20-43-31)21-49(29)38(54)34(40(2,3)4)48-36(52)32(22-10-7-6-8-11-22)47-39-46-27-16-12-23(41)18-30(27)56-39/h12-13,16-18,20,22,25-26,28-29,32,34H,5-11,14-15,19,21H2,1-4H3,(H,44,53)(H,45,51)(H,46,47)(H,48,52)/t26?,28?,29-,32+,34+/m1/s1. The van der Waals surface area contributed by atoms with Gasteiger partial charge in [0.2, 0.25) is 29.4 Å². The number of Topliss-reactive ketones (excluding diaryl/α,β-unsaturated/α-hetero) is 1. The maximum atomic E-state index is 14.8. The van der Waals surface area contributed by atoms with Gasteiger partial charge in [-0.2, -0.15) is 4.98 Å². The van der Waals surface area contributed by atoms with Crippen LogP contribution in [-0.2, 0) is 24.0 Å². The lowest BCUT2D eigenvalue weighted by atomic mass is 9.82.